The predicted molar refractivity (Wildman–Crippen MR) is 213 cm³/mol. The van der Waals surface area contributed by atoms with Crippen LogP contribution in [0.15, 0.2) is 55.0 Å². The van der Waals surface area contributed by atoms with E-state index in [-0.39, 0.29) is 63.5 Å². The highest BCUT2D eigenvalue weighted by atomic mass is 35.5. The summed E-state index contributed by atoms with van der Waals surface area (Å²) in [7, 11) is 3.25. The molecule has 0 saturated carbocycles. The predicted octanol–water partition coefficient (Wildman–Crippen LogP) is 3.90. The highest BCUT2D eigenvalue weighted by molar-refractivity contribution is 6.34. The summed E-state index contributed by atoms with van der Waals surface area (Å²) in [6, 6.07) is 9.44. The molecule has 60 heavy (non-hydrogen) atoms. The van der Waals surface area contributed by atoms with Crippen molar-refractivity contribution in [3.8, 4) is 17.1 Å². The number of carbonyl (C=O) groups excluding carboxylic acids is 3. The van der Waals surface area contributed by atoms with Crippen molar-refractivity contribution in [2.45, 2.75) is 19.0 Å². The number of alkyl halides is 3. The van der Waals surface area contributed by atoms with Gasteiger partial charge in [-0.25, -0.2) is 19.4 Å². The van der Waals surface area contributed by atoms with Crippen molar-refractivity contribution >= 4 is 52.0 Å². The molecule has 0 spiro atoms. The molecule has 4 aromatic heterocycles. The summed E-state index contributed by atoms with van der Waals surface area (Å²) < 4.78 is 47.5. The zero-order chi connectivity index (χ0) is 42.5. The van der Waals surface area contributed by atoms with Gasteiger partial charge < -0.3 is 39.2 Å². The number of nitrogens with zero attached hydrogens (tertiary/aromatic N) is 9. The van der Waals surface area contributed by atoms with Gasteiger partial charge in [0.05, 0.1) is 58.7 Å². The number of fused-ring (bicyclic) bond motifs is 1. The van der Waals surface area contributed by atoms with Gasteiger partial charge in [-0.2, -0.15) is 18.3 Å². The summed E-state index contributed by atoms with van der Waals surface area (Å²) in [5.74, 6) is -1.58. The second-order valence-electron chi connectivity index (χ2n) is 15.9. The first-order valence-corrected chi connectivity index (χ1v) is 20.0. The van der Waals surface area contributed by atoms with Gasteiger partial charge in [-0.1, -0.05) is 11.6 Å². The van der Waals surface area contributed by atoms with E-state index < -0.39 is 23.7 Å². The molecule has 0 unspecified atom stereocenters. The second kappa shape index (κ2) is 16.0. The number of carbonyl (C=O) groups is 4. The number of benzene rings is 1. The van der Waals surface area contributed by atoms with E-state index >= 15 is 0 Å². The number of halogens is 4. The Morgan fingerprint density at radius 2 is 1.72 bits per heavy atom. The van der Waals surface area contributed by atoms with E-state index in [1.165, 1.54) is 36.0 Å². The van der Waals surface area contributed by atoms with Crippen LogP contribution in [-0.4, -0.2) is 137 Å². The average Bonchev–Trinajstić information content (AvgIpc) is 3.92. The number of nitrogens with one attached hydrogen (secondary N) is 2. The molecule has 316 valence electrons. The number of aromatic nitrogens is 6. The van der Waals surface area contributed by atoms with Crippen molar-refractivity contribution in [1.29, 1.82) is 0 Å². The van der Waals surface area contributed by atoms with Crippen LogP contribution in [0.25, 0.3) is 28.1 Å². The van der Waals surface area contributed by atoms with Crippen molar-refractivity contribution in [2.75, 3.05) is 70.8 Å². The van der Waals surface area contributed by atoms with E-state index in [0.29, 0.717) is 68.0 Å². The number of likely N-dealkylation sites (tertiary alicyclic amines) is 1. The number of hydrogen-bond acceptors (Lipinski definition) is 8. The lowest BCUT2D eigenvalue weighted by Crippen LogP contribution is -2.62. The largest absolute Gasteiger partial charge is 0.477 e. The van der Waals surface area contributed by atoms with Crippen molar-refractivity contribution in [2.24, 2.45) is 25.9 Å². The van der Waals surface area contributed by atoms with Crippen molar-refractivity contribution in [3.05, 3.63) is 77.1 Å². The molecule has 0 bridgehead atoms. The number of piperidine rings is 1. The van der Waals surface area contributed by atoms with Crippen LogP contribution in [-0.2, 0) is 29.9 Å². The van der Waals surface area contributed by atoms with Gasteiger partial charge in [0.15, 0.2) is 23.9 Å². The Bertz CT molecular complexity index is 2480. The maximum atomic E-state index is 14.3. The van der Waals surface area contributed by atoms with Crippen LogP contribution in [0.4, 0.5) is 18.9 Å². The average molecular weight is 851 g/mol. The molecule has 20 heteroatoms. The third-order valence-electron chi connectivity index (χ3n) is 12.0. The fourth-order valence-corrected chi connectivity index (χ4v) is 8.88. The van der Waals surface area contributed by atoms with E-state index in [1.54, 1.807) is 34.2 Å². The minimum atomic E-state index is -4.83. The standard InChI is InChI=1S/C40H43ClF3N11O5/c1-50-10-7-30-31(50)5-6-33(48-30)54-21-28(35(49-54)40(42,43)44)32-20-46-36(51(32)2)37(58)47-26-3-4-27(29(41)17-26)39(60)53-13-11-52(12-14-53)38(59)25-8-15-55(16-9-25,23-34(56)57)22-24-18-45-19-24/h3-7,10,17,20-21,24-25,45H,8-9,11-16,18-19,22-23H2,1-2H3,(H-,47,56,57,58,60)/p+1. The van der Waals surface area contributed by atoms with E-state index in [9.17, 15) is 37.5 Å². The van der Waals surface area contributed by atoms with Gasteiger partial charge in [0.25, 0.3) is 11.8 Å². The fourth-order valence-electron chi connectivity index (χ4n) is 8.62. The van der Waals surface area contributed by atoms with Gasteiger partial charge in [-0.05, 0) is 36.4 Å². The zero-order valence-electron chi connectivity index (χ0n) is 33.0. The number of anilines is 1. The SMILES string of the molecule is Cn1c(-c2cn(-c3ccc4c(ccn4C)n3)nc2C(F)(F)F)cnc1C(=O)Nc1ccc(C(=O)N2CCN(C(=O)C3CC[N+](CC(=O)O)(CC4CNC4)CC3)CC2)c(Cl)c1. The first-order chi connectivity index (χ1) is 28.6. The zero-order valence-corrected chi connectivity index (χ0v) is 33.7. The van der Waals surface area contributed by atoms with Gasteiger partial charge in [0, 0.05) is 96.1 Å². The van der Waals surface area contributed by atoms with E-state index in [4.69, 9.17) is 11.6 Å². The topological polar surface area (TPSA) is 173 Å². The molecule has 1 aromatic carbocycles. The lowest BCUT2D eigenvalue weighted by Gasteiger charge is -2.46. The molecule has 7 heterocycles. The third-order valence-corrected chi connectivity index (χ3v) is 12.3. The smallest absolute Gasteiger partial charge is 0.435 e. The lowest BCUT2D eigenvalue weighted by molar-refractivity contribution is -0.929. The number of piperazine rings is 1. The maximum Gasteiger partial charge on any atom is 0.435 e. The molecule has 0 radical (unpaired) electrons. The molecule has 3 amide bonds. The summed E-state index contributed by atoms with van der Waals surface area (Å²) in [5.41, 5.74) is 0.338. The first-order valence-electron chi connectivity index (χ1n) is 19.7. The number of quaternary nitrogens is 1. The Morgan fingerprint density at radius 1 is 1.00 bits per heavy atom. The monoisotopic (exact) mass is 850 g/mol. The van der Waals surface area contributed by atoms with Crippen LogP contribution in [0.3, 0.4) is 0 Å². The van der Waals surface area contributed by atoms with Crippen LogP contribution < -0.4 is 10.6 Å². The minimum absolute atomic E-state index is 0.00628. The number of rotatable bonds is 10. The van der Waals surface area contributed by atoms with E-state index in [2.05, 4.69) is 25.7 Å². The second-order valence-corrected chi connectivity index (χ2v) is 16.4. The molecule has 5 aromatic rings. The van der Waals surface area contributed by atoms with Gasteiger partial charge in [-0.3, -0.25) is 14.4 Å². The number of carboxylic acid groups (broad SMARTS) is 1. The van der Waals surface area contributed by atoms with Crippen molar-refractivity contribution < 1.29 is 41.9 Å². The first kappa shape index (κ1) is 41.0. The van der Waals surface area contributed by atoms with Crippen molar-refractivity contribution in [3.63, 3.8) is 0 Å². The highest BCUT2D eigenvalue weighted by Gasteiger charge is 2.42. The van der Waals surface area contributed by atoms with Gasteiger partial charge in [0.1, 0.15) is 0 Å². The number of aryl methyl sites for hydroxylation is 1. The molecule has 3 fully saturated rings. The summed E-state index contributed by atoms with van der Waals surface area (Å²) in [4.78, 5) is 64.1. The van der Waals surface area contributed by atoms with Crippen LogP contribution in [0.5, 0.6) is 0 Å². The Labute approximate surface area is 347 Å². The molecule has 0 atom stereocenters. The Balaban J connectivity index is 0.886. The number of hydrogen-bond donors (Lipinski definition) is 3. The summed E-state index contributed by atoms with van der Waals surface area (Å²) in [5, 5.41) is 19.4. The van der Waals surface area contributed by atoms with Gasteiger partial charge >= 0.3 is 12.1 Å². The molecule has 0 aliphatic carbocycles. The van der Waals surface area contributed by atoms with E-state index in [1.807, 2.05) is 11.6 Å². The van der Waals surface area contributed by atoms with Gasteiger partial charge in [0.2, 0.25) is 5.91 Å². The molecular weight excluding hydrogens is 807 g/mol. The molecule has 8 rings (SSSR count). The Kier molecular flexibility index (Phi) is 10.9. The summed E-state index contributed by atoms with van der Waals surface area (Å²) in [6.07, 6.45) is 0.580. The number of carboxylic acids is 1. The van der Waals surface area contributed by atoms with E-state index in [0.717, 1.165) is 36.0 Å². The number of amides is 3. The third kappa shape index (κ3) is 8.08. The highest BCUT2D eigenvalue weighted by Crippen LogP contribution is 2.37. The molecule has 3 aliphatic rings. The number of pyridine rings is 1. The molecule has 16 nitrogen and oxygen atoms in total. The molecule has 3 N–H and O–H groups in total. The molecule has 3 saturated heterocycles. The Morgan fingerprint density at radius 3 is 2.37 bits per heavy atom. The molecular formula is C40H44ClF3N11O5+. The number of imidazole rings is 1. The van der Waals surface area contributed by atoms with Gasteiger partial charge in [-0.15, -0.1) is 0 Å². The number of aliphatic carboxylic acids is 1. The minimum Gasteiger partial charge on any atom is -0.477 e. The Hall–Kier alpha value is -5.79. The fraction of sp³-hybridized carbons (Fsp3) is 0.425. The molecule has 3 aliphatic heterocycles. The quantitative estimate of drug-likeness (QED) is 0.176. The van der Waals surface area contributed by atoms with Crippen LogP contribution in [0, 0.1) is 11.8 Å². The normalized spacial score (nSPS) is 20.0. The maximum absolute atomic E-state index is 14.3. The summed E-state index contributed by atoms with van der Waals surface area (Å²) >= 11 is 6.57. The van der Waals surface area contributed by atoms with Crippen LogP contribution in [0.2, 0.25) is 5.02 Å². The summed E-state index contributed by atoms with van der Waals surface area (Å²) in [6.45, 7) is 5.26. The van der Waals surface area contributed by atoms with Crippen molar-refractivity contribution in [1.82, 2.24) is 44.0 Å². The van der Waals surface area contributed by atoms with Crippen LogP contribution in [0.1, 0.15) is 39.5 Å². The lowest BCUT2D eigenvalue weighted by atomic mass is 9.90. The van der Waals surface area contributed by atoms with Crippen LogP contribution >= 0.6 is 11.6 Å².